The van der Waals surface area contributed by atoms with Gasteiger partial charge in [0.25, 0.3) is 0 Å². The third-order valence-corrected chi connectivity index (χ3v) is 4.17. The van der Waals surface area contributed by atoms with E-state index in [2.05, 4.69) is 10.5 Å². The molecule has 128 valence electrons. The van der Waals surface area contributed by atoms with Crippen LogP contribution >= 0.6 is 0 Å². The number of nitrogens with one attached hydrogen (secondary N) is 1. The highest BCUT2D eigenvalue weighted by molar-refractivity contribution is 5.88. The number of aromatic nitrogens is 1. The smallest absolute Gasteiger partial charge is 0.323 e. The largest absolute Gasteiger partial charge is 0.497 e. The normalized spacial score (nSPS) is 17.0. The summed E-state index contributed by atoms with van der Waals surface area (Å²) in [6.45, 7) is 2.45. The van der Waals surface area contributed by atoms with Crippen LogP contribution in [0.2, 0.25) is 0 Å². The van der Waals surface area contributed by atoms with Gasteiger partial charge in [0, 0.05) is 18.2 Å². The molecule has 7 nitrogen and oxygen atoms in total. The first-order chi connectivity index (χ1) is 11.6. The molecule has 1 fully saturated rings. The minimum atomic E-state index is -0.198. The fraction of sp³-hybridized carbons (Fsp3) is 0.412. The number of methoxy groups -OCH3 is 2. The van der Waals surface area contributed by atoms with Gasteiger partial charge >= 0.3 is 6.03 Å². The molecule has 1 aromatic heterocycles. The lowest BCUT2D eigenvalue weighted by Gasteiger charge is -2.26. The third-order valence-electron chi connectivity index (χ3n) is 4.17. The van der Waals surface area contributed by atoms with Gasteiger partial charge in [0.1, 0.15) is 17.3 Å². The molecule has 1 atom stereocenters. The van der Waals surface area contributed by atoms with Crippen molar-refractivity contribution < 1.29 is 18.8 Å². The number of ether oxygens (including phenoxy) is 2. The van der Waals surface area contributed by atoms with E-state index in [1.807, 2.05) is 18.2 Å². The van der Waals surface area contributed by atoms with Crippen LogP contribution in [0.1, 0.15) is 30.2 Å². The number of amides is 2. The van der Waals surface area contributed by atoms with Crippen molar-refractivity contribution in [2.45, 2.75) is 25.8 Å². The zero-order valence-corrected chi connectivity index (χ0v) is 14.0. The second-order valence-electron chi connectivity index (χ2n) is 5.71. The Morgan fingerprint density at radius 2 is 2.17 bits per heavy atom. The maximum Gasteiger partial charge on any atom is 0.323 e. The van der Waals surface area contributed by atoms with Crippen LogP contribution in [0.15, 0.2) is 28.8 Å². The van der Waals surface area contributed by atoms with Gasteiger partial charge < -0.3 is 18.9 Å². The van der Waals surface area contributed by atoms with Crippen molar-refractivity contribution in [2.24, 2.45) is 0 Å². The molecule has 1 aromatic carbocycles. The Morgan fingerprint density at radius 3 is 2.83 bits per heavy atom. The fourth-order valence-electron chi connectivity index (χ4n) is 3.04. The molecule has 0 unspecified atom stereocenters. The highest BCUT2D eigenvalue weighted by Gasteiger charge is 2.32. The van der Waals surface area contributed by atoms with Crippen LogP contribution in [-0.4, -0.2) is 36.9 Å². The molecule has 2 aromatic rings. The van der Waals surface area contributed by atoms with Gasteiger partial charge in [0.15, 0.2) is 5.82 Å². The van der Waals surface area contributed by atoms with Crippen molar-refractivity contribution in [3.63, 3.8) is 0 Å². The lowest BCUT2D eigenvalue weighted by atomic mass is 10.0. The van der Waals surface area contributed by atoms with E-state index in [1.54, 1.807) is 32.1 Å². The van der Waals surface area contributed by atoms with Gasteiger partial charge in [-0.1, -0.05) is 5.16 Å². The van der Waals surface area contributed by atoms with Gasteiger partial charge in [-0.15, -0.1) is 0 Å². The lowest BCUT2D eigenvalue weighted by molar-refractivity contribution is 0.205. The Kier molecular flexibility index (Phi) is 4.59. The topological polar surface area (TPSA) is 76.8 Å². The first kappa shape index (κ1) is 16.2. The number of rotatable bonds is 4. The summed E-state index contributed by atoms with van der Waals surface area (Å²) in [5.41, 5.74) is 0.945. The molecule has 1 saturated heterocycles. The third kappa shape index (κ3) is 3.15. The molecule has 24 heavy (non-hydrogen) atoms. The zero-order chi connectivity index (χ0) is 17.1. The Balaban J connectivity index is 1.83. The molecule has 2 amide bonds. The van der Waals surface area contributed by atoms with Crippen molar-refractivity contribution in [2.75, 3.05) is 26.1 Å². The SMILES string of the molecule is COc1ccc(OC)c([C@H]2CCCN2C(=O)Nc2cc(C)on2)c1. The Labute approximate surface area is 140 Å². The van der Waals surface area contributed by atoms with E-state index in [0.29, 0.717) is 18.1 Å². The summed E-state index contributed by atoms with van der Waals surface area (Å²) in [5, 5.41) is 6.59. The molecule has 0 saturated carbocycles. The predicted octanol–water partition coefficient (Wildman–Crippen LogP) is 3.37. The number of hydrogen-bond donors (Lipinski definition) is 1. The summed E-state index contributed by atoms with van der Waals surface area (Å²) >= 11 is 0. The van der Waals surface area contributed by atoms with E-state index in [9.17, 15) is 4.79 Å². The van der Waals surface area contributed by atoms with Gasteiger partial charge in [-0.25, -0.2) is 4.79 Å². The van der Waals surface area contributed by atoms with Crippen LogP contribution in [0.5, 0.6) is 11.5 Å². The number of benzene rings is 1. The van der Waals surface area contributed by atoms with Crippen molar-refractivity contribution in [1.82, 2.24) is 10.1 Å². The molecular weight excluding hydrogens is 310 g/mol. The van der Waals surface area contributed by atoms with Crippen molar-refractivity contribution in [1.29, 1.82) is 0 Å². The van der Waals surface area contributed by atoms with Crippen molar-refractivity contribution >= 4 is 11.8 Å². The van der Waals surface area contributed by atoms with E-state index in [4.69, 9.17) is 14.0 Å². The molecule has 1 aliphatic heterocycles. The molecule has 0 radical (unpaired) electrons. The number of nitrogens with zero attached hydrogens (tertiary/aromatic N) is 2. The maximum absolute atomic E-state index is 12.6. The monoisotopic (exact) mass is 331 g/mol. The first-order valence-corrected chi connectivity index (χ1v) is 7.85. The van der Waals surface area contributed by atoms with Crippen molar-refractivity contribution in [3.8, 4) is 11.5 Å². The molecular formula is C17H21N3O4. The number of carbonyl (C=O) groups is 1. The van der Waals surface area contributed by atoms with E-state index in [1.165, 1.54) is 0 Å². The molecule has 2 heterocycles. The summed E-state index contributed by atoms with van der Waals surface area (Å²) in [4.78, 5) is 14.4. The second-order valence-corrected chi connectivity index (χ2v) is 5.71. The van der Waals surface area contributed by atoms with Crippen LogP contribution in [0, 0.1) is 6.92 Å². The summed E-state index contributed by atoms with van der Waals surface area (Å²) in [6, 6.07) is 7.06. The van der Waals surface area contributed by atoms with Crippen molar-refractivity contribution in [3.05, 3.63) is 35.6 Å². The average molecular weight is 331 g/mol. The summed E-state index contributed by atoms with van der Waals surface area (Å²) in [5.74, 6) is 2.56. The summed E-state index contributed by atoms with van der Waals surface area (Å²) in [7, 11) is 3.25. The number of aryl methyl sites for hydroxylation is 1. The number of anilines is 1. The average Bonchev–Trinajstić information content (AvgIpc) is 3.23. The van der Waals surface area contributed by atoms with Crippen LogP contribution in [0.3, 0.4) is 0 Å². The molecule has 1 aliphatic rings. The highest BCUT2D eigenvalue weighted by atomic mass is 16.5. The number of hydrogen-bond acceptors (Lipinski definition) is 5. The van der Waals surface area contributed by atoms with Crippen LogP contribution in [0.25, 0.3) is 0 Å². The van der Waals surface area contributed by atoms with Crippen LogP contribution < -0.4 is 14.8 Å². The van der Waals surface area contributed by atoms with Gasteiger partial charge in [-0.3, -0.25) is 5.32 Å². The lowest BCUT2D eigenvalue weighted by Crippen LogP contribution is -2.34. The summed E-state index contributed by atoms with van der Waals surface area (Å²) in [6.07, 6.45) is 1.80. The highest BCUT2D eigenvalue weighted by Crippen LogP contribution is 2.39. The maximum atomic E-state index is 12.6. The second kappa shape index (κ2) is 6.82. The Morgan fingerprint density at radius 1 is 1.33 bits per heavy atom. The zero-order valence-electron chi connectivity index (χ0n) is 14.0. The number of carbonyl (C=O) groups excluding carboxylic acids is 1. The van der Waals surface area contributed by atoms with Gasteiger partial charge in [-0.05, 0) is 38.0 Å². The fourth-order valence-corrected chi connectivity index (χ4v) is 3.04. The number of urea groups is 1. The first-order valence-electron chi connectivity index (χ1n) is 7.85. The minimum Gasteiger partial charge on any atom is -0.497 e. The molecule has 0 spiro atoms. The van der Waals surface area contributed by atoms with Crippen LogP contribution in [-0.2, 0) is 0 Å². The van der Waals surface area contributed by atoms with Crippen LogP contribution in [0.4, 0.5) is 10.6 Å². The number of likely N-dealkylation sites (tertiary alicyclic amines) is 1. The standard InChI is InChI=1S/C17H21N3O4/c1-11-9-16(19-24-11)18-17(21)20-8-4-5-14(20)13-10-12(22-2)6-7-15(13)23-3/h6-7,9-10,14H,4-5,8H2,1-3H3,(H,18,19,21)/t14-/m1/s1. The van der Waals surface area contributed by atoms with E-state index in [0.717, 1.165) is 29.9 Å². The molecule has 7 heteroatoms. The quantitative estimate of drug-likeness (QED) is 0.929. The van der Waals surface area contributed by atoms with E-state index >= 15 is 0 Å². The van der Waals surface area contributed by atoms with Gasteiger partial charge in [0.2, 0.25) is 0 Å². The Bertz CT molecular complexity index is 728. The molecule has 1 N–H and O–H groups in total. The molecule has 0 aliphatic carbocycles. The van der Waals surface area contributed by atoms with E-state index < -0.39 is 0 Å². The van der Waals surface area contributed by atoms with Gasteiger partial charge in [-0.2, -0.15) is 0 Å². The van der Waals surface area contributed by atoms with E-state index in [-0.39, 0.29) is 12.1 Å². The minimum absolute atomic E-state index is 0.0666. The molecule has 0 bridgehead atoms. The molecule has 3 rings (SSSR count). The predicted molar refractivity (Wildman–Crippen MR) is 88.5 cm³/mol. The summed E-state index contributed by atoms with van der Waals surface area (Å²) < 4.78 is 15.8. The Hall–Kier alpha value is -2.70. The van der Waals surface area contributed by atoms with Gasteiger partial charge in [0.05, 0.1) is 20.3 Å².